The molecular formula is C18H19Cl2NO. The fourth-order valence-electron chi connectivity index (χ4n) is 3.12. The molecule has 0 radical (unpaired) electrons. The van der Waals surface area contributed by atoms with Gasteiger partial charge in [0.2, 0.25) is 0 Å². The minimum atomic E-state index is 0.563. The summed E-state index contributed by atoms with van der Waals surface area (Å²) in [6.07, 6.45) is 0.965. The fraction of sp³-hybridized carbons (Fsp3) is 0.333. The molecule has 2 aromatic carbocycles. The number of ether oxygens (including phenoxy) is 1. The van der Waals surface area contributed by atoms with Crippen molar-refractivity contribution in [2.45, 2.75) is 6.42 Å². The monoisotopic (exact) mass is 335 g/mol. The van der Waals surface area contributed by atoms with Crippen LogP contribution in [-0.2, 0) is 6.42 Å². The molecule has 1 aliphatic rings. The van der Waals surface area contributed by atoms with Gasteiger partial charge in [0.05, 0.1) is 12.8 Å². The van der Waals surface area contributed by atoms with E-state index in [9.17, 15) is 0 Å². The Bertz CT molecular complexity index is 666. The number of hydrogen-bond acceptors (Lipinski definition) is 2. The molecule has 0 saturated heterocycles. The van der Waals surface area contributed by atoms with Gasteiger partial charge in [0.1, 0.15) is 5.75 Å². The minimum Gasteiger partial charge on any atom is -0.495 e. The summed E-state index contributed by atoms with van der Waals surface area (Å²) in [4.78, 5) is 2.19. The molecule has 116 valence electrons. The van der Waals surface area contributed by atoms with Crippen LogP contribution in [0.2, 0.25) is 0 Å². The van der Waals surface area contributed by atoms with Crippen LogP contribution in [0.3, 0.4) is 0 Å². The lowest BCUT2D eigenvalue weighted by Crippen LogP contribution is -2.28. The Hall–Kier alpha value is -1.38. The summed E-state index contributed by atoms with van der Waals surface area (Å²) in [5, 5.41) is 0. The van der Waals surface area contributed by atoms with Gasteiger partial charge in [-0.2, -0.15) is 0 Å². The van der Waals surface area contributed by atoms with Crippen LogP contribution in [0.25, 0.3) is 11.1 Å². The average molecular weight is 336 g/mol. The van der Waals surface area contributed by atoms with E-state index in [2.05, 4.69) is 41.3 Å². The van der Waals surface area contributed by atoms with Gasteiger partial charge in [-0.3, -0.25) is 0 Å². The van der Waals surface area contributed by atoms with Gasteiger partial charge in [-0.15, -0.1) is 23.2 Å². The topological polar surface area (TPSA) is 12.5 Å². The van der Waals surface area contributed by atoms with Crippen LogP contribution in [-0.4, -0.2) is 32.0 Å². The Balaban J connectivity index is 2.08. The summed E-state index contributed by atoms with van der Waals surface area (Å²) < 4.78 is 5.62. The SMILES string of the molecule is COc1cc2c(cc1N(CCCl)CCCl)-c1ccccc1C2. The Morgan fingerprint density at radius 2 is 1.73 bits per heavy atom. The molecule has 0 N–H and O–H groups in total. The number of nitrogens with zero attached hydrogens (tertiary/aromatic N) is 1. The highest BCUT2D eigenvalue weighted by Crippen LogP contribution is 2.42. The number of benzene rings is 2. The molecule has 4 heteroatoms. The number of alkyl halides is 2. The van der Waals surface area contributed by atoms with Crippen LogP contribution in [0, 0.1) is 0 Å². The van der Waals surface area contributed by atoms with Gasteiger partial charge in [0.25, 0.3) is 0 Å². The van der Waals surface area contributed by atoms with E-state index in [0.717, 1.165) is 30.9 Å². The molecule has 22 heavy (non-hydrogen) atoms. The summed E-state index contributed by atoms with van der Waals surface area (Å²) in [7, 11) is 1.72. The lowest BCUT2D eigenvalue weighted by molar-refractivity contribution is 0.414. The van der Waals surface area contributed by atoms with Gasteiger partial charge in [-0.05, 0) is 40.8 Å². The van der Waals surface area contributed by atoms with Crippen molar-refractivity contribution in [3.63, 3.8) is 0 Å². The lowest BCUT2D eigenvalue weighted by Gasteiger charge is -2.26. The van der Waals surface area contributed by atoms with Gasteiger partial charge in [0, 0.05) is 24.8 Å². The Labute approximate surface area is 141 Å². The van der Waals surface area contributed by atoms with E-state index >= 15 is 0 Å². The zero-order valence-electron chi connectivity index (χ0n) is 12.6. The molecule has 0 amide bonds. The normalized spacial score (nSPS) is 12.0. The fourth-order valence-corrected chi connectivity index (χ4v) is 3.53. The van der Waals surface area contributed by atoms with Crippen molar-refractivity contribution >= 4 is 28.9 Å². The summed E-state index contributed by atoms with van der Waals surface area (Å²) in [5.74, 6) is 2.02. The second-order valence-electron chi connectivity index (χ2n) is 5.38. The maximum atomic E-state index is 5.95. The van der Waals surface area contributed by atoms with Crippen LogP contribution in [0.4, 0.5) is 5.69 Å². The first-order valence-corrected chi connectivity index (χ1v) is 8.51. The van der Waals surface area contributed by atoms with Gasteiger partial charge >= 0.3 is 0 Å². The van der Waals surface area contributed by atoms with Crippen molar-refractivity contribution in [2.75, 3.05) is 36.9 Å². The maximum absolute atomic E-state index is 5.95. The minimum absolute atomic E-state index is 0.563. The van der Waals surface area contributed by atoms with E-state index in [-0.39, 0.29) is 0 Å². The van der Waals surface area contributed by atoms with E-state index in [0.29, 0.717) is 11.8 Å². The molecule has 2 nitrogen and oxygen atoms in total. The predicted molar refractivity (Wildman–Crippen MR) is 94.9 cm³/mol. The van der Waals surface area contributed by atoms with Gasteiger partial charge in [-0.1, -0.05) is 24.3 Å². The molecule has 0 saturated carbocycles. The average Bonchev–Trinajstić information content (AvgIpc) is 2.91. The zero-order chi connectivity index (χ0) is 15.5. The van der Waals surface area contributed by atoms with Crippen LogP contribution in [0.1, 0.15) is 11.1 Å². The number of anilines is 1. The number of methoxy groups -OCH3 is 1. The molecule has 0 unspecified atom stereocenters. The molecule has 0 heterocycles. The van der Waals surface area contributed by atoms with E-state index in [4.69, 9.17) is 27.9 Å². The maximum Gasteiger partial charge on any atom is 0.142 e. The molecule has 0 aromatic heterocycles. The van der Waals surface area contributed by atoms with Gasteiger partial charge in [0.15, 0.2) is 0 Å². The number of rotatable bonds is 6. The largest absolute Gasteiger partial charge is 0.495 e. The summed E-state index contributed by atoms with van der Waals surface area (Å²) in [5.41, 5.74) is 6.37. The zero-order valence-corrected chi connectivity index (χ0v) is 14.1. The van der Waals surface area contributed by atoms with Crippen LogP contribution in [0.5, 0.6) is 5.75 Å². The molecule has 0 spiro atoms. The second-order valence-corrected chi connectivity index (χ2v) is 6.14. The summed E-state index contributed by atoms with van der Waals surface area (Å²) in [6, 6.07) is 12.9. The van der Waals surface area contributed by atoms with Crippen molar-refractivity contribution in [3.8, 4) is 16.9 Å². The molecule has 0 aliphatic heterocycles. The van der Waals surface area contributed by atoms with Crippen LogP contribution in [0.15, 0.2) is 36.4 Å². The Kier molecular flexibility index (Phi) is 4.80. The molecule has 2 aromatic rings. The molecule has 3 rings (SSSR count). The van der Waals surface area contributed by atoms with Crippen molar-refractivity contribution in [1.29, 1.82) is 0 Å². The summed E-state index contributed by atoms with van der Waals surface area (Å²) in [6.45, 7) is 1.51. The second kappa shape index (κ2) is 6.80. The third-order valence-corrected chi connectivity index (χ3v) is 4.48. The molecule has 0 atom stereocenters. The van der Waals surface area contributed by atoms with Crippen molar-refractivity contribution in [3.05, 3.63) is 47.5 Å². The third kappa shape index (κ3) is 2.78. The number of halogens is 2. The van der Waals surface area contributed by atoms with Crippen LogP contribution < -0.4 is 9.64 Å². The smallest absolute Gasteiger partial charge is 0.142 e. The third-order valence-electron chi connectivity index (χ3n) is 4.14. The van der Waals surface area contributed by atoms with E-state index in [1.807, 2.05) is 0 Å². The highest BCUT2D eigenvalue weighted by Gasteiger charge is 2.22. The first-order valence-electron chi connectivity index (χ1n) is 7.44. The number of hydrogen-bond donors (Lipinski definition) is 0. The van der Waals surface area contributed by atoms with Crippen molar-refractivity contribution in [1.82, 2.24) is 0 Å². The van der Waals surface area contributed by atoms with Crippen molar-refractivity contribution < 1.29 is 4.74 Å². The highest BCUT2D eigenvalue weighted by atomic mass is 35.5. The molecule has 0 fully saturated rings. The van der Waals surface area contributed by atoms with Crippen LogP contribution >= 0.6 is 23.2 Å². The van der Waals surface area contributed by atoms with E-state index < -0.39 is 0 Å². The first-order chi connectivity index (χ1) is 10.8. The standard InChI is InChI=1S/C18H19Cl2NO/c1-22-18-11-14-10-13-4-2-3-5-15(13)16(14)12-17(18)21(8-6-19)9-7-20/h2-5,11-12H,6-10H2,1H3. The first kappa shape index (κ1) is 15.5. The predicted octanol–water partition coefficient (Wildman–Crippen LogP) is 4.55. The van der Waals surface area contributed by atoms with Gasteiger partial charge < -0.3 is 9.64 Å². The Morgan fingerprint density at radius 3 is 2.41 bits per heavy atom. The Morgan fingerprint density at radius 1 is 1.00 bits per heavy atom. The van der Waals surface area contributed by atoms with Gasteiger partial charge in [-0.25, -0.2) is 0 Å². The quantitative estimate of drug-likeness (QED) is 0.612. The molecule has 1 aliphatic carbocycles. The van der Waals surface area contributed by atoms with Crippen molar-refractivity contribution in [2.24, 2.45) is 0 Å². The molecular weight excluding hydrogens is 317 g/mol. The van der Waals surface area contributed by atoms with E-state index in [1.54, 1.807) is 7.11 Å². The lowest BCUT2D eigenvalue weighted by atomic mass is 10.0. The van der Waals surface area contributed by atoms with E-state index in [1.165, 1.54) is 22.3 Å². The number of fused-ring (bicyclic) bond motifs is 3. The highest BCUT2D eigenvalue weighted by molar-refractivity contribution is 6.18. The molecule has 0 bridgehead atoms. The summed E-state index contributed by atoms with van der Waals surface area (Å²) >= 11 is 11.9.